The van der Waals surface area contributed by atoms with Crippen molar-refractivity contribution in [3.63, 3.8) is 0 Å². The van der Waals surface area contributed by atoms with E-state index in [2.05, 4.69) is 11.0 Å². The summed E-state index contributed by atoms with van der Waals surface area (Å²) in [4.78, 5) is 16.4. The number of alkyl halides is 3. The van der Waals surface area contributed by atoms with E-state index in [0.29, 0.717) is 6.42 Å². The molecule has 1 fully saturated rings. The van der Waals surface area contributed by atoms with Crippen LogP contribution in [0.15, 0.2) is 47.4 Å². The highest BCUT2D eigenvalue weighted by Gasteiger charge is 2.44. The number of rotatable bonds is 8. The van der Waals surface area contributed by atoms with E-state index in [0.717, 1.165) is 55.7 Å². The van der Waals surface area contributed by atoms with Crippen LogP contribution in [0.2, 0.25) is 5.02 Å². The summed E-state index contributed by atoms with van der Waals surface area (Å²) in [5.74, 6) is -0.781. The lowest BCUT2D eigenvalue weighted by Crippen LogP contribution is -2.48. The third-order valence-corrected chi connectivity index (χ3v) is 9.09. The van der Waals surface area contributed by atoms with Crippen LogP contribution < -0.4 is 4.72 Å². The quantitative estimate of drug-likeness (QED) is 0.457. The van der Waals surface area contributed by atoms with E-state index in [1.54, 1.807) is 4.72 Å². The summed E-state index contributed by atoms with van der Waals surface area (Å²) in [6, 6.07) is 8.21. The van der Waals surface area contributed by atoms with Gasteiger partial charge in [0.15, 0.2) is 0 Å². The van der Waals surface area contributed by atoms with E-state index in [1.807, 2.05) is 12.1 Å². The van der Waals surface area contributed by atoms with Crippen molar-refractivity contribution in [2.45, 2.75) is 74.6 Å². The van der Waals surface area contributed by atoms with Gasteiger partial charge in [0.25, 0.3) is 0 Å². The maximum Gasteiger partial charge on any atom is 0.405 e. The summed E-state index contributed by atoms with van der Waals surface area (Å²) in [7, 11) is -3.07. The number of nitrogens with one attached hydrogen (secondary N) is 1. The lowest BCUT2D eigenvalue weighted by atomic mass is 9.85. The van der Waals surface area contributed by atoms with Gasteiger partial charge in [-0.25, -0.2) is 8.42 Å². The molecule has 0 spiro atoms. The number of hydrogen-bond acceptors (Lipinski definition) is 4. The van der Waals surface area contributed by atoms with Gasteiger partial charge in [-0.2, -0.15) is 17.9 Å². The number of sulfonamides is 1. The SMILES string of the molecule is CN(C(=O)C[C@H](NS(=O)(=O)c1cccc(Cl)c1)C(F)(F)F)[C@@H]1CCCc2cc(CN3CCCCC3)ccc21. The average Bonchev–Trinajstić information content (AvgIpc) is 2.87. The predicted octanol–water partition coefficient (Wildman–Crippen LogP) is 5.46. The van der Waals surface area contributed by atoms with Crippen LogP contribution in [0.5, 0.6) is 0 Å². The molecule has 1 amide bonds. The van der Waals surface area contributed by atoms with E-state index in [-0.39, 0.29) is 11.1 Å². The van der Waals surface area contributed by atoms with Crippen LogP contribution in [0.3, 0.4) is 0 Å². The first-order valence-electron chi connectivity index (χ1n) is 12.9. The number of fused-ring (bicyclic) bond motifs is 1. The minimum Gasteiger partial charge on any atom is -0.339 e. The molecule has 1 aliphatic carbocycles. The monoisotopic (exact) mass is 571 g/mol. The largest absolute Gasteiger partial charge is 0.405 e. The minimum atomic E-state index is -4.96. The van der Waals surface area contributed by atoms with Gasteiger partial charge < -0.3 is 4.90 Å². The fraction of sp³-hybridized carbons (Fsp3) is 0.519. The molecule has 0 aromatic heterocycles. The zero-order chi connectivity index (χ0) is 27.5. The van der Waals surface area contributed by atoms with E-state index >= 15 is 0 Å². The van der Waals surface area contributed by atoms with Crippen LogP contribution in [-0.4, -0.2) is 56.5 Å². The Morgan fingerprint density at radius 3 is 2.55 bits per heavy atom. The maximum absolute atomic E-state index is 13.9. The average molecular weight is 572 g/mol. The van der Waals surface area contributed by atoms with Gasteiger partial charge in [-0.05, 0) is 80.1 Å². The molecule has 1 saturated heterocycles. The normalized spacial score (nSPS) is 19.6. The Balaban J connectivity index is 1.47. The summed E-state index contributed by atoms with van der Waals surface area (Å²) < 4.78 is 68.5. The summed E-state index contributed by atoms with van der Waals surface area (Å²) >= 11 is 5.81. The number of carbonyl (C=O) groups excluding carboxylic acids is 1. The fourth-order valence-corrected chi connectivity index (χ4v) is 6.85. The first-order valence-corrected chi connectivity index (χ1v) is 14.7. The highest BCUT2D eigenvalue weighted by molar-refractivity contribution is 7.89. The van der Waals surface area contributed by atoms with Crippen LogP contribution >= 0.6 is 11.6 Å². The second-order valence-electron chi connectivity index (χ2n) is 10.2. The van der Waals surface area contributed by atoms with Crippen molar-refractivity contribution >= 4 is 27.5 Å². The first-order chi connectivity index (χ1) is 17.9. The molecular weight excluding hydrogens is 539 g/mol. The summed E-state index contributed by atoms with van der Waals surface area (Å²) in [5, 5.41) is 0.0716. The molecule has 0 radical (unpaired) electrons. The molecule has 1 N–H and O–H groups in total. The van der Waals surface area contributed by atoms with Gasteiger partial charge in [0.2, 0.25) is 15.9 Å². The van der Waals surface area contributed by atoms with Crippen molar-refractivity contribution in [1.29, 1.82) is 0 Å². The van der Waals surface area contributed by atoms with Gasteiger partial charge >= 0.3 is 6.18 Å². The molecule has 11 heteroatoms. The molecule has 1 heterocycles. The van der Waals surface area contributed by atoms with Gasteiger partial charge in [0.1, 0.15) is 6.04 Å². The third kappa shape index (κ3) is 7.08. The van der Waals surface area contributed by atoms with Gasteiger partial charge in [-0.3, -0.25) is 9.69 Å². The van der Waals surface area contributed by atoms with Crippen molar-refractivity contribution in [2.24, 2.45) is 0 Å². The maximum atomic E-state index is 13.9. The summed E-state index contributed by atoms with van der Waals surface area (Å²) in [6.07, 6.45) is -0.0404. The molecule has 4 rings (SSSR count). The molecule has 208 valence electrons. The van der Waals surface area contributed by atoms with E-state index in [4.69, 9.17) is 11.6 Å². The van der Waals surface area contributed by atoms with Crippen LogP contribution in [0, 0.1) is 0 Å². The standard InChI is InChI=1S/C27H33ClF3N3O3S/c1-33(24-10-5-7-20-15-19(11-12-23(20)24)18-34-13-3-2-4-14-34)26(35)17-25(27(29,30)31)32-38(36,37)22-9-6-8-21(28)16-22/h6,8-9,11-12,15-16,24-25,32H,2-5,7,10,13-14,17-18H2,1H3/t24-,25+/m1/s1. The molecule has 6 nitrogen and oxygen atoms in total. The Kier molecular flexibility index (Phi) is 9.07. The molecule has 0 unspecified atom stereocenters. The Hall–Kier alpha value is -2.14. The molecule has 0 saturated carbocycles. The Morgan fingerprint density at radius 2 is 1.87 bits per heavy atom. The zero-order valence-electron chi connectivity index (χ0n) is 21.3. The molecule has 38 heavy (non-hydrogen) atoms. The number of nitrogens with zero attached hydrogens (tertiary/aromatic N) is 2. The van der Waals surface area contributed by atoms with Crippen LogP contribution in [0.4, 0.5) is 13.2 Å². The highest BCUT2D eigenvalue weighted by Crippen LogP contribution is 2.35. The number of halogens is 4. The number of piperidine rings is 1. The lowest BCUT2D eigenvalue weighted by molar-refractivity contribution is -0.161. The van der Waals surface area contributed by atoms with E-state index in [1.165, 1.54) is 48.9 Å². The molecule has 2 atom stereocenters. The van der Waals surface area contributed by atoms with E-state index in [9.17, 15) is 26.4 Å². The van der Waals surface area contributed by atoms with Crippen molar-refractivity contribution in [3.05, 3.63) is 64.2 Å². The second kappa shape index (κ2) is 11.9. The first kappa shape index (κ1) is 28.9. The molecule has 2 aromatic rings. The van der Waals surface area contributed by atoms with Crippen LogP contribution in [0.1, 0.15) is 61.3 Å². The smallest absolute Gasteiger partial charge is 0.339 e. The Bertz CT molecular complexity index is 1250. The molecule has 1 aliphatic heterocycles. The number of aryl methyl sites for hydroxylation is 1. The summed E-state index contributed by atoms with van der Waals surface area (Å²) in [6.45, 7) is 3.03. The Labute approximate surface area is 227 Å². The number of benzene rings is 2. The zero-order valence-corrected chi connectivity index (χ0v) is 22.9. The van der Waals surface area contributed by atoms with Gasteiger partial charge in [-0.15, -0.1) is 0 Å². The predicted molar refractivity (Wildman–Crippen MR) is 140 cm³/mol. The van der Waals surface area contributed by atoms with E-state index < -0.39 is 39.5 Å². The number of hydrogen-bond donors (Lipinski definition) is 1. The molecule has 0 bridgehead atoms. The second-order valence-corrected chi connectivity index (χ2v) is 12.3. The molecule has 2 aromatic carbocycles. The van der Waals surface area contributed by atoms with Gasteiger partial charge in [0, 0.05) is 18.6 Å². The Morgan fingerprint density at radius 1 is 1.13 bits per heavy atom. The van der Waals surface area contributed by atoms with Crippen molar-refractivity contribution in [2.75, 3.05) is 20.1 Å². The van der Waals surface area contributed by atoms with Crippen molar-refractivity contribution in [1.82, 2.24) is 14.5 Å². The summed E-state index contributed by atoms with van der Waals surface area (Å²) in [5.41, 5.74) is 3.26. The minimum absolute atomic E-state index is 0.0716. The highest BCUT2D eigenvalue weighted by atomic mass is 35.5. The van der Waals surface area contributed by atoms with Crippen molar-refractivity contribution in [3.8, 4) is 0 Å². The van der Waals surface area contributed by atoms with Gasteiger partial charge in [-0.1, -0.05) is 42.3 Å². The number of carbonyl (C=O) groups is 1. The molecule has 2 aliphatic rings. The van der Waals surface area contributed by atoms with Crippen LogP contribution in [0.25, 0.3) is 0 Å². The lowest BCUT2D eigenvalue weighted by Gasteiger charge is -2.35. The topological polar surface area (TPSA) is 69.7 Å². The number of amides is 1. The van der Waals surface area contributed by atoms with Crippen molar-refractivity contribution < 1.29 is 26.4 Å². The van der Waals surface area contributed by atoms with Gasteiger partial charge in [0.05, 0.1) is 17.4 Å². The molecular formula is C27H33ClF3N3O3S. The third-order valence-electron chi connectivity index (χ3n) is 7.38. The number of likely N-dealkylation sites (tertiary alicyclic amines) is 1. The van der Waals surface area contributed by atoms with Crippen LogP contribution in [-0.2, 0) is 27.8 Å². The fourth-order valence-electron chi connectivity index (χ4n) is 5.32.